The third kappa shape index (κ3) is 3.21. The summed E-state index contributed by atoms with van der Waals surface area (Å²) in [7, 11) is 0. The lowest BCUT2D eigenvalue weighted by Crippen LogP contribution is -2.37. The summed E-state index contributed by atoms with van der Waals surface area (Å²) in [5.41, 5.74) is 5.45. The van der Waals surface area contributed by atoms with Gasteiger partial charge in [0, 0.05) is 12.1 Å². The van der Waals surface area contributed by atoms with Gasteiger partial charge < -0.3 is 10.5 Å². The fourth-order valence-electron chi connectivity index (χ4n) is 0.951. The molecule has 1 aromatic rings. The summed E-state index contributed by atoms with van der Waals surface area (Å²) in [6.07, 6.45) is 0. The van der Waals surface area contributed by atoms with E-state index in [0.717, 1.165) is 0 Å². The van der Waals surface area contributed by atoms with Gasteiger partial charge in [0.2, 0.25) is 0 Å². The average Bonchev–Trinajstić information content (AvgIpc) is 2.26. The number of carboxylic acids is 1. The van der Waals surface area contributed by atoms with Crippen LogP contribution in [0.3, 0.4) is 0 Å². The van der Waals surface area contributed by atoms with E-state index >= 15 is 0 Å². The highest BCUT2D eigenvalue weighted by Crippen LogP contribution is 2.16. The second kappa shape index (κ2) is 5.08. The largest absolute Gasteiger partial charge is 0.480 e. The second-order valence-corrected chi connectivity index (χ2v) is 3.14. The fraction of sp³-hybridized carbons (Fsp3) is 0.222. The van der Waals surface area contributed by atoms with Crippen LogP contribution in [0.25, 0.3) is 0 Å². The Morgan fingerprint density at radius 3 is 2.81 bits per heavy atom. The minimum absolute atomic E-state index is 0.0604. The topological polar surface area (TPSA) is 105 Å². The number of aliphatic carboxylic acids is 1. The fourth-order valence-corrected chi connectivity index (χ4v) is 0.951. The first-order valence-corrected chi connectivity index (χ1v) is 4.49. The van der Waals surface area contributed by atoms with Crippen LogP contribution in [-0.4, -0.2) is 22.0 Å². The molecule has 1 unspecified atom stereocenters. The molecule has 0 saturated heterocycles. The first-order chi connectivity index (χ1) is 7.50. The molecular formula is C9H11N3O4. The smallest absolute Gasteiger partial charge is 0.322 e. The van der Waals surface area contributed by atoms with Crippen molar-refractivity contribution in [2.75, 3.05) is 5.43 Å². The Balaban J connectivity index is 2.64. The van der Waals surface area contributed by atoms with E-state index < -0.39 is 16.9 Å². The van der Waals surface area contributed by atoms with Crippen LogP contribution < -0.4 is 10.9 Å². The SMILES string of the molecule is CC(NNc1cccc([N+](=O)[O-])c1)C(=O)O. The summed E-state index contributed by atoms with van der Waals surface area (Å²) in [6, 6.07) is 4.97. The molecule has 16 heavy (non-hydrogen) atoms. The molecule has 0 aromatic heterocycles. The number of nitro benzene ring substituents is 1. The van der Waals surface area contributed by atoms with E-state index in [1.807, 2.05) is 0 Å². The molecule has 7 heteroatoms. The lowest BCUT2D eigenvalue weighted by molar-refractivity contribution is -0.384. The number of hydrogen-bond donors (Lipinski definition) is 3. The van der Waals surface area contributed by atoms with Gasteiger partial charge in [-0.1, -0.05) is 6.07 Å². The number of carboxylic acid groups (broad SMARTS) is 1. The van der Waals surface area contributed by atoms with Gasteiger partial charge in [-0.15, -0.1) is 0 Å². The van der Waals surface area contributed by atoms with E-state index in [9.17, 15) is 14.9 Å². The zero-order chi connectivity index (χ0) is 12.1. The maximum absolute atomic E-state index is 10.5. The van der Waals surface area contributed by atoms with Crippen LogP contribution in [0.1, 0.15) is 6.92 Å². The predicted octanol–water partition coefficient (Wildman–Crippen LogP) is 0.984. The van der Waals surface area contributed by atoms with Crippen molar-refractivity contribution in [3.05, 3.63) is 34.4 Å². The highest BCUT2D eigenvalue weighted by molar-refractivity contribution is 5.73. The maximum Gasteiger partial charge on any atom is 0.322 e. The number of non-ortho nitro benzene ring substituents is 1. The van der Waals surface area contributed by atoms with Gasteiger partial charge >= 0.3 is 5.97 Å². The summed E-state index contributed by atoms with van der Waals surface area (Å²) in [5.74, 6) is -1.02. The number of anilines is 1. The Kier molecular flexibility index (Phi) is 3.78. The predicted molar refractivity (Wildman–Crippen MR) is 57.0 cm³/mol. The van der Waals surface area contributed by atoms with Crippen molar-refractivity contribution in [3.63, 3.8) is 0 Å². The van der Waals surface area contributed by atoms with E-state index in [2.05, 4.69) is 10.9 Å². The number of carbonyl (C=O) groups is 1. The van der Waals surface area contributed by atoms with Gasteiger partial charge in [-0.2, -0.15) is 0 Å². The molecular weight excluding hydrogens is 214 g/mol. The highest BCUT2D eigenvalue weighted by Gasteiger charge is 2.10. The third-order valence-corrected chi connectivity index (χ3v) is 1.86. The standard InChI is InChI=1S/C9H11N3O4/c1-6(9(13)14)10-11-7-3-2-4-8(5-7)12(15)16/h2-6,10-11H,1H3,(H,13,14). The van der Waals surface area contributed by atoms with Gasteiger partial charge in [-0.3, -0.25) is 14.9 Å². The maximum atomic E-state index is 10.5. The molecule has 0 aliphatic rings. The molecule has 0 fully saturated rings. The summed E-state index contributed by atoms with van der Waals surface area (Å²) in [6.45, 7) is 1.45. The van der Waals surface area contributed by atoms with Gasteiger partial charge in [0.25, 0.3) is 5.69 Å². The number of nitrogens with zero attached hydrogens (tertiary/aromatic N) is 1. The van der Waals surface area contributed by atoms with Crippen molar-refractivity contribution in [2.24, 2.45) is 0 Å². The summed E-state index contributed by atoms with van der Waals surface area (Å²) in [4.78, 5) is 20.4. The van der Waals surface area contributed by atoms with E-state index in [-0.39, 0.29) is 5.69 Å². The molecule has 1 atom stereocenters. The van der Waals surface area contributed by atoms with Crippen molar-refractivity contribution in [1.29, 1.82) is 0 Å². The molecule has 3 N–H and O–H groups in total. The minimum atomic E-state index is -1.02. The summed E-state index contributed by atoms with van der Waals surface area (Å²) in [5, 5.41) is 19.1. The van der Waals surface area contributed by atoms with Crippen molar-refractivity contribution >= 4 is 17.3 Å². The van der Waals surface area contributed by atoms with Gasteiger partial charge in [0.15, 0.2) is 0 Å². The van der Waals surface area contributed by atoms with Crippen LogP contribution in [-0.2, 0) is 4.79 Å². The number of rotatable bonds is 5. The molecule has 0 radical (unpaired) electrons. The molecule has 0 bridgehead atoms. The van der Waals surface area contributed by atoms with E-state index in [1.54, 1.807) is 6.07 Å². The Labute approximate surface area is 91.2 Å². The lowest BCUT2D eigenvalue weighted by Gasteiger charge is -2.11. The Morgan fingerprint density at radius 2 is 2.25 bits per heavy atom. The molecule has 0 heterocycles. The normalized spacial score (nSPS) is 11.8. The number of nitro groups is 1. The highest BCUT2D eigenvalue weighted by atomic mass is 16.6. The Bertz CT molecular complexity index is 407. The van der Waals surface area contributed by atoms with Crippen LogP contribution in [0, 0.1) is 10.1 Å². The van der Waals surface area contributed by atoms with Crippen LogP contribution in [0.2, 0.25) is 0 Å². The van der Waals surface area contributed by atoms with Crippen LogP contribution in [0.4, 0.5) is 11.4 Å². The first kappa shape index (κ1) is 11.9. The number of nitrogens with one attached hydrogen (secondary N) is 2. The zero-order valence-corrected chi connectivity index (χ0v) is 8.51. The van der Waals surface area contributed by atoms with E-state index in [0.29, 0.717) is 5.69 Å². The molecule has 0 amide bonds. The summed E-state index contributed by atoms with van der Waals surface area (Å²) >= 11 is 0. The van der Waals surface area contributed by atoms with Crippen LogP contribution >= 0.6 is 0 Å². The van der Waals surface area contributed by atoms with Crippen LogP contribution in [0.15, 0.2) is 24.3 Å². The number of hydrazine groups is 1. The molecule has 0 aliphatic heterocycles. The first-order valence-electron chi connectivity index (χ1n) is 4.49. The Hall–Kier alpha value is -2.15. The quantitative estimate of drug-likeness (QED) is 0.509. The lowest BCUT2D eigenvalue weighted by atomic mass is 10.3. The average molecular weight is 225 g/mol. The van der Waals surface area contributed by atoms with Crippen molar-refractivity contribution in [2.45, 2.75) is 13.0 Å². The molecule has 7 nitrogen and oxygen atoms in total. The molecule has 0 spiro atoms. The molecule has 86 valence electrons. The zero-order valence-electron chi connectivity index (χ0n) is 8.51. The molecule has 0 aliphatic carbocycles. The molecule has 1 aromatic carbocycles. The number of hydrogen-bond acceptors (Lipinski definition) is 5. The van der Waals surface area contributed by atoms with Gasteiger partial charge in [0.1, 0.15) is 6.04 Å². The van der Waals surface area contributed by atoms with Gasteiger partial charge in [-0.25, -0.2) is 5.43 Å². The minimum Gasteiger partial charge on any atom is -0.480 e. The van der Waals surface area contributed by atoms with E-state index in [4.69, 9.17) is 5.11 Å². The van der Waals surface area contributed by atoms with Gasteiger partial charge in [-0.05, 0) is 13.0 Å². The van der Waals surface area contributed by atoms with Crippen LogP contribution in [0.5, 0.6) is 0 Å². The van der Waals surface area contributed by atoms with Crippen molar-refractivity contribution in [1.82, 2.24) is 5.43 Å². The molecule has 1 rings (SSSR count). The summed E-state index contributed by atoms with van der Waals surface area (Å²) < 4.78 is 0. The second-order valence-electron chi connectivity index (χ2n) is 3.14. The number of benzene rings is 1. The van der Waals surface area contributed by atoms with Crippen molar-refractivity contribution in [3.8, 4) is 0 Å². The van der Waals surface area contributed by atoms with E-state index in [1.165, 1.54) is 25.1 Å². The van der Waals surface area contributed by atoms with Gasteiger partial charge in [0.05, 0.1) is 10.6 Å². The molecule has 0 saturated carbocycles. The monoisotopic (exact) mass is 225 g/mol. The third-order valence-electron chi connectivity index (χ3n) is 1.86. The Morgan fingerprint density at radius 1 is 1.56 bits per heavy atom. The van der Waals surface area contributed by atoms with Crippen molar-refractivity contribution < 1.29 is 14.8 Å².